The summed E-state index contributed by atoms with van der Waals surface area (Å²) >= 11 is 0. The number of rotatable bonds is 8. The van der Waals surface area contributed by atoms with E-state index in [0.717, 1.165) is 9.87 Å². The maximum absolute atomic E-state index is 12.6. The van der Waals surface area contributed by atoms with Crippen LogP contribution in [0.2, 0.25) is 0 Å². The third kappa shape index (κ3) is 4.83. The highest BCUT2D eigenvalue weighted by molar-refractivity contribution is 7.94. The Morgan fingerprint density at radius 1 is 1.06 bits per heavy atom. The predicted molar refractivity (Wildman–Crippen MR) is 115 cm³/mol. The summed E-state index contributed by atoms with van der Waals surface area (Å²) in [4.78, 5) is 12.1. The summed E-state index contributed by atoms with van der Waals surface area (Å²) in [6.45, 7) is 1.69. The fraction of sp³-hybridized carbons (Fsp3) is 0.350. The minimum absolute atomic E-state index is 0.0272. The number of amides is 1. The number of carbonyl (C=O) groups excluding carboxylic acids is 1. The SMILES string of the molecule is COc1ccc(CCNS(=O)(=O)c2ccc(N3C(=O)[C@H](C)CS3(=O)=O)cc2)cc1OC. The Bertz CT molecular complexity index is 1180. The van der Waals surface area contributed by atoms with Crippen LogP contribution in [-0.4, -0.2) is 49.3 Å². The van der Waals surface area contributed by atoms with E-state index >= 15 is 0 Å². The summed E-state index contributed by atoms with van der Waals surface area (Å²) in [5, 5.41) is 0. The van der Waals surface area contributed by atoms with E-state index in [-0.39, 0.29) is 22.9 Å². The predicted octanol–water partition coefficient (Wildman–Crippen LogP) is 1.54. The molecule has 0 bridgehead atoms. The molecule has 1 aliphatic rings. The van der Waals surface area contributed by atoms with Gasteiger partial charge < -0.3 is 9.47 Å². The maximum atomic E-state index is 12.6. The first-order valence-electron chi connectivity index (χ1n) is 9.46. The van der Waals surface area contributed by atoms with Crippen molar-refractivity contribution in [3.63, 3.8) is 0 Å². The van der Waals surface area contributed by atoms with Gasteiger partial charge in [-0.25, -0.2) is 25.9 Å². The van der Waals surface area contributed by atoms with E-state index in [1.807, 2.05) is 6.07 Å². The van der Waals surface area contributed by atoms with Crippen molar-refractivity contribution in [3.05, 3.63) is 48.0 Å². The second-order valence-corrected chi connectivity index (χ2v) is 10.7. The largest absolute Gasteiger partial charge is 0.493 e. The van der Waals surface area contributed by atoms with Crippen LogP contribution in [0.3, 0.4) is 0 Å². The van der Waals surface area contributed by atoms with Gasteiger partial charge in [0.15, 0.2) is 11.5 Å². The second kappa shape index (κ2) is 8.85. The molecule has 0 saturated carbocycles. The van der Waals surface area contributed by atoms with Gasteiger partial charge in [-0.2, -0.15) is 0 Å². The summed E-state index contributed by atoms with van der Waals surface area (Å²) in [6, 6.07) is 10.5. The van der Waals surface area contributed by atoms with Crippen LogP contribution in [0.1, 0.15) is 12.5 Å². The molecule has 0 aromatic heterocycles. The summed E-state index contributed by atoms with van der Waals surface area (Å²) in [5.74, 6) is -0.280. The van der Waals surface area contributed by atoms with Crippen LogP contribution in [0.15, 0.2) is 47.4 Å². The smallest absolute Gasteiger partial charge is 0.244 e. The number of methoxy groups -OCH3 is 2. The monoisotopic (exact) mass is 468 g/mol. The molecule has 0 radical (unpaired) electrons. The van der Waals surface area contributed by atoms with Gasteiger partial charge in [-0.05, 0) is 48.4 Å². The van der Waals surface area contributed by atoms with Crippen molar-refractivity contribution in [1.82, 2.24) is 4.72 Å². The molecule has 168 valence electrons. The summed E-state index contributed by atoms with van der Waals surface area (Å²) < 4.78 is 63.2. The van der Waals surface area contributed by atoms with E-state index in [9.17, 15) is 21.6 Å². The van der Waals surface area contributed by atoms with Gasteiger partial charge in [0.2, 0.25) is 26.0 Å². The van der Waals surface area contributed by atoms with Gasteiger partial charge in [0.05, 0.1) is 36.5 Å². The first-order valence-corrected chi connectivity index (χ1v) is 12.6. The highest BCUT2D eigenvalue weighted by Gasteiger charge is 2.41. The number of nitrogens with zero attached hydrogens (tertiary/aromatic N) is 1. The molecule has 1 atom stereocenters. The molecular formula is C20H24N2O7S2. The Labute approximate surface area is 182 Å². The topological polar surface area (TPSA) is 119 Å². The van der Waals surface area contributed by atoms with Crippen molar-refractivity contribution in [3.8, 4) is 11.5 Å². The third-order valence-corrected chi connectivity index (χ3v) is 8.24. The minimum atomic E-state index is -3.81. The molecule has 1 amide bonds. The minimum Gasteiger partial charge on any atom is -0.493 e. The molecule has 2 aromatic carbocycles. The number of hydrogen-bond donors (Lipinski definition) is 1. The molecule has 0 unspecified atom stereocenters. The lowest BCUT2D eigenvalue weighted by Crippen LogP contribution is -2.30. The Morgan fingerprint density at radius 3 is 2.26 bits per heavy atom. The lowest BCUT2D eigenvalue weighted by Gasteiger charge is -2.16. The van der Waals surface area contributed by atoms with E-state index in [4.69, 9.17) is 9.47 Å². The molecule has 3 rings (SSSR count). The van der Waals surface area contributed by atoms with Gasteiger partial charge in [0.25, 0.3) is 0 Å². The molecule has 2 aromatic rings. The Balaban J connectivity index is 1.68. The lowest BCUT2D eigenvalue weighted by atomic mass is 10.1. The first-order chi connectivity index (χ1) is 14.6. The van der Waals surface area contributed by atoms with Crippen molar-refractivity contribution < 1.29 is 31.1 Å². The molecule has 11 heteroatoms. The van der Waals surface area contributed by atoms with Crippen LogP contribution < -0.4 is 18.5 Å². The molecule has 0 aliphatic carbocycles. The number of carbonyl (C=O) groups is 1. The number of nitrogens with one attached hydrogen (secondary N) is 1. The van der Waals surface area contributed by atoms with Crippen molar-refractivity contribution >= 4 is 31.6 Å². The maximum Gasteiger partial charge on any atom is 0.244 e. The van der Waals surface area contributed by atoms with Gasteiger partial charge in [-0.15, -0.1) is 0 Å². The van der Waals surface area contributed by atoms with Crippen LogP contribution in [0, 0.1) is 5.92 Å². The average Bonchev–Trinajstić information content (AvgIpc) is 2.94. The zero-order chi connectivity index (χ0) is 22.8. The van der Waals surface area contributed by atoms with Crippen LogP contribution >= 0.6 is 0 Å². The van der Waals surface area contributed by atoms with E-state index < -0.39 is 31.9 Å². The molecule has 1 aliphatic heterocycles. The number of benzene rings is 2. The van der Waals surface area contributed by atoms with Crippen molar-refractivity contribution in [1.29, 1.82) is 0 Å². The first kappa shape index (κ1) is 23.0. The fourth-order valence-corrected chi connectivity index (χ4v) is 6.15. The van der Waals surface area contributed by atoms with E-state index in [1.54, 1.807) is 19.1 Å². The Kier molecular flexibility index (Phi) is 6.58. The zero-order valence-corrected chi connectivity index (χ0v) is 19.0. The molecule has 31 heavy (non-hydrogen) atoms. The highest BCUT2D eigenvalue weighted by Crippen LogP contribution is 2.29. The van der Waals surface area contributed by atoms with E-state index in [0.29, 0.717) is 17.9 Å². The standard InChI is InChI=1S/C20H24N2O7S2/c1-14-13-30(24,25)22(20(14)23)16-5-7-17(8-6-16)31(26,27)21-11-10-15-4-9-18(28-2)19(12-15)29-3/h4-9,12,14,21H,10-11,13H2,1-3H3/t14-/m1/s1. The normalized spacial score (nSPS) is 18.2. The number of ether oxygens (including phenoxy) is 2. The Morgan fingerprint density at radius 2 is 1.71 bits per heavy atom. The van der Waals surface area contributed by atoms with E-state index in [2.05, 4.69) is 4.72 Å². The van der Waals surface area contributed by atoms with Crippen LogP contribution in [-0.2, 0) is 31.3 Å². The van der Waals surface area contributed by atoms with Gasteiger partial charge >= 0.3 is 0 Å². The molecule has 1 N–H and O–H groups in total. The third-order valence-electron chi connectivity index (χ3n) is 4.90. The fourth-order valence-electron chi connectivity index (χ4n) is 3.30. The second-order valence-electron chi connectivity index (χ2n) is 7.11. The molecule has 1 heterocycles. The molecular weight excluding hydrogens is 444 g/mol. The highest BCUT2D eigenvalue weighted by atomic mass is 32.2. The summed E-state index contributed by atoms with van der Waals surface area (Å²) in [7, 11) is -4.50. The van der Waals surface area contributed by atoms with Gasteiger partial charge in [-0.3, -0.25) is 4.79 Å². The van der Waals surface area contributed by atoms with Gasteiger partial charge in [-0.1, -0.05) is 13.0 Å². The Hall–Kier alpha value is -2.63. The lowest BCUT2D eigenvalue weighted by molar-refractivity contribution is -0.119. The van der Waals surface area contributed by atoms with E-state index in [1.165, 1.54) is 38.5 Å². The quantitative estimate of drug-likeness (QED) is 0.624. The number of anilines is 1. The molecule has 9 nitrogen and oxygen atoms in total. The van der Waals surface area contributed by atoms with Crippen molar-refractivity contribution in [2.75, 3.05) is 30.8 Å². The van der Waals surface area contributed by atoms with Gasteiger partial charge in [0.1, 0.15) is 0 Å². The van der Waals surface area contributed by atoms with Crippen LogP contribution in [0.4, 0.5) is 5.69 Å². The number of sulfonamides is 2. The zero-order valence-electron chi connectivity index (χ0n) is 17.4. The van der Waals surface area contributed by atoms with Crippen molar-refractivity contribution in [2.45, 2.75) is 18.2 Å². The molecule has 1 fully saturated rings. The number of hydrogen-bond acceptors (Lipinski definition) is 7. The van der Waals surface area contributed by atoms with Crippen LogP contribution in [0.5, 0.6) is 11.5 Å². The van der Waals surface area contributed by atoms with Gasteiger partial charge in [0, 0.05) is 6.54 Å². The van der Waals surface area contributed by atoms with Crippen molar-refractivity contribution in [2.24, 2.45) is 5.92 Å². The van der Waals surface area contributed by atoms with Crippen LogP contribution in [0.25, 0.3) is 0 Å². The summed E-state index contributed by atoms with van der Waals surface area (Å²) in [5.41, 5.74) is 0.987. The molecule has 0 spiro atoms. The summed E-state index contributed by atoms with van der Waals surface area (Å²) in [6.07, 6.45) is 0.427. The average molecular weight is 469 g/mol. The molecule has 1 saturated heterocycles.